The maximum absolute atomic E-state index is 5.80. The summed E-state index contributed by atoms with van der Waals surface area (Å²) in [5, 5.41) is 3.28. The third-order valence-electron chi connectivity index (χ3n) is 2.41. The molecule has 84 valence electrons. The Balaban J connectivity index is 2.13. The fraction of sp³-hybridized carbons (Fsp3) is 0.250. The number of furan rings is 1. The minimum Gasteiger partial charge on any atom is -0.464 e. The van der Waals surface area contributed by atoms with Gasteiger partial charge in [-0.25, -0.2) is 0 Å². The van der Waals surface area contributed by atoms with Gasteiger partial charge in [-0.05, 0) is 32.0 Å². The number of pyridine rings is 1. The van der Waals surface area contributed by atoms with Crippen LogP contribution in [-0.2, 0) is 0 Å². The summed E-state index contributed by atoms with van der Waals surface area (Å²) < 4.78 is 5.54. The Morgan fingerprint density at radius 2 is 2.19 bits per heavy atom. The summed E-state index contributed by atoms with van der Waals surface area (Å²) in [4.78, 5) is 3.94. The maximum atomic E-state index is 5.80. The number of nitrogens with zero attached hydrogens (tertiary/aromatic N) is 1. The lowest BCUT2D eigenvalue weighted by molar-refractivity contribution is 0.467. The molecule has 0 aliphatic heterocycles. The predicted octanol–water partition coefficient (Wildman–Crippen LogP) is 2.74. The molecule has 2 heterocycles. The van der Waals surface area contributed by atoms with E-state index >= 15 is 0 Å². The first-order valence-corrected chi connectivity index (χ1v) is 5.19. The summed E-state index contributed by atoms with van der Waals surface area (Å²) >= 11 is 0. The number of hydrogen-bond acceptors (Lipinski definition) is 4. The predicted molar refractivity (Wildman–Crippen MR) is 64.1 cm³/mol. The molecular formula is C12H15N3O. The highest BCUT2D eigenvalue weighted by Gasteiger charge is 2.10. The van der Waals surface area contributed by atoms with E-state index < -0.39 is 0 Å². The third kappa shape index (κ3) is 2.16. The SMILES string of the molecule is Cc1ccc(C(C)Nc2ccncc2N)o1. The van der Waals surface area contributed by atoms with Crippen LogP contribution < -0.4 is 11.1 Å². The largest absolute Gasteiger partial charge is 0.464 e. The zero-order valence-electron chi connectivity index (χ0n) is 9.40. The van der Waals surface area contributed by atoms with Gasteiger partial charge in [0.2, 0.25) is 0 Å². The molecule has 16 heavy (non-hydrogen) atoms. The molecule has 0 spiro atoms. The van der Waals surface area contributed by atoms with Crippen LogP contribution in [0.1, 0.15) is 24.5 Å². The molecule has 0 bridgehead atoms. The van der Waals surface area contributed by atoms with E-state index in [0.29, 0.717) is 5.69 Å². The fourth-order valence-corrected chi connectivity index (χ4v) is 1.53. The Kier molecular flexibility index (Phi) is 2.81. The molecule has 3 N–H and O–H groups in total. The molecule has 0 aliphatic carbocycles. The number of rotatable bonds is 3. The summed E-state index contributed by atoms with van der Waals surface area (Å²) in [7, 11) is 0. The van der Waals surface area contributed by atoms with Gasteiger partial charge in [-0.15, -0.1) is 0 Å². The molecule has 2 aromatic heterocycles. The summed E-state index contributed by atoms with van der Waals surface area (Å²) in [6.07, 6.45) is 3.33. The highest BCUT2D eigenvalue weighted by molar-refractivity contribution is 5.64. The molecule has 4 heteroatoms. The first-order valence-electron chi connectivity index (χ1n) is 5.19. The molecule has 0 saturated carbocycles. The second-order valence-corrected chi connectivity index (χ2v) is 3.78. The number of nitrogens with one attached hydrogen (secondary N) is 1. The zero-order chi connectivity index (χ0) is 11.5. The number of aromatic nitrogens is 1. The molecule has 0 aliphatic rings. The van der Waals surface area contributed by atoms with Crippen LogP contribution in [0, 0.1) is 6.92 Å². The molecule has 4 nitrogen and oxygen atoms in total. The van der Waals surface area contributed by atoms with E-state index in [9.17, 15) is 0 Å². The molecular weight excluding hydrogens is 202 g/mol. The van der Waals surface area contributed by atoms with E-state index in [1.54, 1.807) is 12.4 Å². The average Bonchev–Trinajstić information content (AvgIpc) is 2.68. The van der Waals surface area contributed by atoms with E-state index in [2.05, 4.69) is 10.3 Å². The number of nitrogen functional groups attached to an aromatic ring is 1. The fourth-order valence-electron chi connectivity index (χ4n) is 1.53. The van der Waals surface area contributed by atoms with Gasteiger partial charge in [0.25, 0.3) is 0 Å². The minimum absolute atomic E-state index is 0.0819. The van der Waals surface area contributed by atoms with Crippen molar-refractivity contribution < 1.29 is 4.42 Å². The molecule has 0 amide bonds. The van der Waals surface area contributed by atoms with Crippen molar-refractivity contribution >= 4 is 11.4 Å². The Labute approximate surface area is 94.5 Å². The highest BCUT2D eigenvalue weighted by Crippen LogP contribution is 2.24. The van der Waals surface area contributed by atoms with Crippen LogP contribution in [0.3, 0.4) is 0 Å². The van der Waals surface area contributed by atoms with Crippen LogP contribution in [0.2, 0.25) is 0 Å². The topological polar surface area (TPSA) is 64.1 Å². The lowest BCUT2D eigenvalue weighted by atomic mass is 10.2. The number of aryl methyl sites for hydroxylation is 1. The quantitative estimate of drug-likeness (QED) is 0.829. The minimum atomic E-state index is 0.0819. The summed E-state index contributed by atoms with van der Waals surface area (Å²) in [5.41, 5.74) is 7.31. The smallest absolute Gasteiger partial charge is 0.126 e. The number of nitrogens with two attached hydrogens (primary N) is 1. The van der Waals surface area contributed by atoms with E-state index in [-0.39, 0.29) is 6.04 Å². The summed E-state index contributed by atoms with van der Waals surface area (Å²) in [5.74, 6) is 1.81. The van der Waals surface area contributed by atoms with Crippen LogP contribution in [0.4, 0.5) is 11.4 Å². The van der Waals surface area contributed by atoms with Gasteiger partial charge in [0.15, 0.2) is 0 Å². The van der Waals surface area contributed by atoms with Crippen LogP contribution in [0.5, 0.6) is 0 Å². The maximum Gasteiger partial charge on any atom is 0.126 e. The van der Waals surface area contributed by atoms with Crippen molar-refractivity contribution in [3.63, 3.8) is 0 Å². The van der Waals surface area contributed by atoms with Gasteiger partial charge in [-0.2, -0.15) is 0 Å². The van der Waals surface area contributed by atoms with Crippen molar-refractivity contribution in [2.45, 2.75) is 19.9 Å². The van der Waals surface area contributed by atoms with Gasteiger partial charge >= 0.3 is 0 Å². The lowest BCUT2D eigenvalue weighted by Gasteiger charge is -2.14. The van der Waals surface area contributed by atoms with Gasteiger partial charge in [0, 0.05) is 6.20 Å². The van der Waals surface area contributed by atoms with Crippen molar-refractivity contribution in [2.75, 3.05) is 11.1 Å². The molecule has 2 rings (SSSR count). The monoisotopic (exact) mass is 217 g/mol. The first-order chi connectivity index (χ1) is 7.66. The molecule has 1 atom stereocenters. The van der Waals surface area contributed by atoms with Crippen LogP contribution in [-0.4, -0.2) is 4.98 Å². The molecule has 0 radical (unpaired) electrons. The molecule has 0 aromatic carbocycles. The second-order valence-electron chi connectivity index (χ2n) is 3.78. The Morgan fingerprint density at radius 3 is 2.81 bits per heavy atom. The highest BCUT2D eigenvalue weighted by atomic mass is 16.3. The Morgan fingerprint density at radius 1 is 1.38 bits per heavy atom. The zero-order valence-corrected chi connectivity index (χ0v) is 9.40. The van der Waals surface area contributed by atoms with Crippen molar-refractivity contribution in [1.29, 1.82) is 0 Å². The summed E-state index contributed by atoms with van der Waals surface area (Å²) in [6, 6.07) is 5.84. The van der Waals surface area contributed by atoms with Crippen molar-refractivity contribution in [2.24, 2.45) is 0 Å². The molecule has 0 saturated heterocycles. The van der Waals surface area contributed by atoms with E-state index in [1.165, 1.54) is 0 Å². The normalized spacial score (nSPS) is 12.4. The lowest BCUT2D eigenvalue weighted by Crippen LogP contribution is -2.07. The number of hydrogen-bond donors (Lipinski definition) is 2. The van der Waals surface area contributed by atoms with Gasteiger partial charge < -0.3 is 15.5 Å². The van der Waals surface area contributed by atoms with Gasteiger partial charge in [0.05, 0.1) is 23.6 Å². The molecule has 1 unspecified atom stereocenters. The average molecular weight is 217 g/mol. The van der Waals surface area contributed by atoms with Crippen LogP contribution in [0.25, 0.3) is 0 Å². The summed E-state index contributed by atoms with van der Waals surface area (Å²) in [6.45, 7) is 3.95. The van der Waals surface area contributed by atoms with Crippen molar-refractivity contribution in [3.05, 3.63) is 42.1 Å². The second kappa shape index (κ2) is 4.26. The van der Waals surface area contributed by atoms with Crippen LogP contribution in [0.15, 0.2) is 35.0 Å². The van der Waals surface area contributed by atoms with E-state index in [4.69, 9.17) is 10.2 Å². The van der Waals surface area contributed by atoms with Gasteiger partial charge in [-0.1, -0.05) is 0 Å². The Hall–Kier alpha value is -1.97. The third-order valence-corrected chi connectivity index (χ3v) is 2.41. The van der Waals surface area contributed by atoms with E-state index in [1.807, 2.05) is 32.0 Å². The molecule has 2 aromatic rings. The number of anilines is 2. The van der Waals surface area contributed by atoms with Gasteiger partial charge in [-0.3, -0.25) is 4.98 Å². The standard InChI is InChI=1S/C12H15N3O/c1-8-3-4-12(16-8)9(2)15-11-5-6-14-7-10(11)13/h3-7,9H,13H2,1-2H3,(H,14,15). The van der Waals surface area contributed by atoms with Crippen LogP contribution >= 0.6 is 0 Å². The van der Waals surface area contributed by atoms with Gasteiger partial charge in [0.1, 0.15) is 11.5 Å². The van der Waals surface area contributed by atoms with Crippen molar-refractivity contribution in [1.82, 2.24) is 4.98 Å². The first kappa shape index (κ1) is 10.5. The molecule has 0 fully saturated rings. The van der Waals surface area contributed by atoms with E-state index in [0.717, 1.165) is 17.2 Å². The Bertz CT molecular complexity index is 479. The van der Waals surface area contributed by atoms with Crippen molar-refractivity contribution in [3.8, 4) is 0 Å².